The lowest BCUT2D eigenvalue weighted by Gasteiger charge is -2.06. The van der Waals surface area contributed by atoms with E-state index in [4.69, 9.17) is 5.26 Å². The van der Waals surface area contributed by atoms with Crippen LogP contribution in [0.25, 0.3) is 0 Å². The maximum atomic E-state index is 12.8. The van der Waals surface area contributed by atoms with Crippen LogP contribution in [0.5, 0.6) is 0 Å². The fourth-order valence-corrected chi connectivity index (χ4v) is 2.21. The monoisotopic (exact) mass is 229 g/mol. The second-order valence-corrected chi connectivity index (χ2v) is 4.53. The molecule has 1 aromatic rings. The summed E-state index contributed by atoms with van der Waals surface area (Å²) in [6.07, 6.45) is 0.405. The zero-order valence-corrected chi connectivity index (χ0v) is 8.85. The zero-order chi connectivity index (χ0) is 11.4. The molecule has 0 amide bonds. The Balaban J connectivity index is 3.02. The molecule has 0 aromatic heterocycles. The van der Waals surface area contributed by atoms with Crippen LogP contribution in [0, 0.1) is 23.0 Å². The first-order valence-electron chi connectivity index (χ1n) is 4.35. The molecular weight excluding hydrogens is 220 g/mol. The van der Waals surface area contributed by atoms with Gasteiger partial charge in [-0.3, -0.25) is 4.21 Å². The van der Waals surface area contributed by atoms with E-state index >= 15 is 0 Å². The molecule has 0 aliphatic rings. The molecule has 0 spiro atoms. The lowest BCUT2D eigenvalue weighted by atomic mass is 10.3. The summed E-state index contributed by atoms with van der Waals surface area (Å²) in [5.74, 6) is -2.03. The van der Waals surface area contributed by atoms with Crippen molar-refractivity contribution < 1.29 is 13.0 Å². The Morgan fingerprint density at radius 3 is 2.60 bits per heavy atom. The highest BCUT2D eigenvalue weighted by atomic mass is 32.2. The minimum absolute atomic E-state index is 0.141. The van der Waals surface area contributed by atoms with Crippen molar-refractivity contribution in [3.05, 3.63) is 29.8 Å². The van der Waals surface area contributed by atoms with Gasteiger partial charge in [0.15, 0.2) is 11.6 Å². The number of nitriles is 1. The van der Waals surface area contributed by atoms with Crippen LogP contribution < -0.4 is 0 Å². The largest absolute Gasteiger partial charge is 0.253 e. The fraction of sp³-hybridized carbons (Fsp3) is 0.300. The molecule has 1 aromatic carbocycles. The van der Waals surface area contributed by atoms with Crippen LogP contribution in [-0.4, -0.2) is 9.46 Å². The molecule has 80 valence electrons. The Morgan fingerprint density at radius 2 is 2.13 bits per heavy atom. The van der Waals surface area contributed by atoms with Crippen LogP contribution >= 0.6 is 0 Å². The van der Waals surface area contributed by atoms with Crippen LogP contribution in [-0.2, 0) is 10.8 Å². The molecule has 5 heteroatoms. The Labute approximate surface area is 89.0 Å². The Hall–Kier alpha value is -1.28. The predicted octanol–water partition coefficient (Wildman–Crippen LogP) is 2.37. The molecule has 0 N–H and O–H groups in total. The third kappa shape index (κ3) is 2.60. The van der Waals surface area contributed by atoms with Crippen molar-refractivity contribution in [1.82, 2.24) is 0 Å². The van der Waals surface area contributed by atoms with Gasteiger partial charge in [-0.2, -0.15) is 5.26 Å². The Kier molecular flexibility index (Phi) is 3.92. The lowest BCUT2D eigenvalue weighted by Crippen LogP contribution is -2.11. The van der Waals surface area contributed by atoms with Crippen LogP contribution in [0.1, 0.15) is 13.3 Å². The first-order valence-corrected chi connectivity index (χ1v) is 5.56. The second kappa shape index (κ2) is 4.99. The highest BCUT2D eigenvalue weighted by Crippen LogP contribution is 2.16. The van der Waals surface area contributed by atoms with Crippen LogP contribution in [0.15, 0.2) is 23.1 Å². The molecule has 0 saturated heterocycles. The number of benzene rings is 1. The van der Waals surface area contributed by atoms with E-state index in [0.717, 1.165) is 12.1 Å². The highest BCUT2D eigenvalue weighted by Gasteiger charge is 2.17. The molecule has 1 rings (SSSR count). The van der Waals surface area contributed by atoms with Gasteiger partial charge >= 0.3 is 0 Å². The van der Waals surface area contributed by atoms with Crippen molar-refractivity contribution in [2.24, 2.45) is 0 Å². The van der Waals surface area contributed by atoms with Gasteiger partial charge < -0.3 is 0 Å². The van der Waals surface area contributed by atoms with E-state index in [9.17, 15) is 13.0 Å². The van der Waals surface area contributed by atoms with Gasteiger partial charge in [0, 0.05) is 4.90 Å². The Bertz CT molecular complexity index is 428. The topological polar surface area (TPSA) is 40.9 Å². The molecule has 0 heterocycles. The first kappa shape index (κ1) is 11.8. The van der Waals surface area contributed by atoms with Gasteiger partial charge in [-0.05, 0) is 24.6 Å². The summed E-state index contributed by atoms with van der Waals surface area (Å²) in [7, 11) is -1.61. The summed E-state index contributed by atoms with van der Waals surface area (Å²) in [6, 6.07) is 4.87. The molecule has 2 nitrogen and oxygen atoms in total. The van der Waals surface area contributed by atoms with Crippen molar-refractivity contribution in [1.29, 1.82) is 5.26 Å². The van der Waals surface area contributed by atoms with Crippen LogP contribution in [0.2, 0.25) is 0 Å². The Morgan fingerprint density at radius 1 is 1.47 bits per heavy atom. The normalized spacial score (nSPS) is 14.3. The standard InChI is InChI=1S/C10H9F2NOS/c1-2-7(6-13)15(14)8-3-4-9(11)10(12)5-8/h3-5,7H,2H2,1H3. The van der Waals surface area contributed by atoms with Crippen molar-refractivity contribution in [2.45, 2.75) is 23.5 Å². The predicted molar refractivity (Wildman–Crippen MR) is 52.5 cm³/mol. The number of rotatable bonds is 3. The van der Waals surface area contributed by atoms with Gasteiger partial charge in [-0.15, -0.1) is 0 Å². The highest BCUT2D eigenvalue weighted by molar-refractivity contribution is 7.86. The lowest BCUT2D eigenvalue weighted by molar-refractivity contribution is 0.505. The summed E-state index contributed by atoms with van der Waals surface area (Å²) in [4.78, 5) is 0.141. The van der Waals surface area contributed by atoms with Gasteiger partial charge in [0.25, 0.3) is 0 Å². The minimum atomic E-state index is -1.61. The molecule has 2 unspecified atom stereocenters. The summed E-state index contributed by atoms with van der Waals surface area (Å²) >= 11 is 0. The summed E-state index contributed by atoms with van der Waals surface area (Å²) in [6.45, 7) is 1.71. The van der Waals surface area contributed by atoms with Crippen molar-refractivity contribution in [3.8, 4) is 6.07 Å². The molecule has 15 heavy (non-hydrogen) atoms. The van der Waals surface area contributed by atoms with Crippen molar-refractivity contribution >= 4 is 10.8 Å². The van der Waals surface area contributed by atoms with Crippen molar-refractivity contribution in [2.75, 3.05) is 0 Å². The molecular formula is C10H9F2NOS. The third-order valence-corrected chi connectivity index (χ3v) is 3.57. The van der Waals surface area contributed by atoms with E-state index in [1.54, 1.807) is 6.92 Å². The molecule has 0 fully saturated rings. The number of hydrogen-bond acceptors (Lipinski definition) is 2. The summed E-state index contributed by atoms with van der Waals surface area (Å²) < 4.78 is 37.1. The minimum Gasteiger partial charge on any atom is -0.253 e. The summed E-state index contributed by atoms with van der Waals surface area (Å²) in [5.41, 5.74) is 0. The van der Waals surface area contributed by atoms with Gasteiger partial charge in [0.2, 0.25) is 0 Å². The van der Waals surface area contributed by atoms with E-state index in [0.29, 0.717) is 6.42 Å². The van der Waals surface area contributed by atoms with Gasteiger partial charge in [0.05, 0.1) is 16.9 Å². The van der Waals surface area contributed by atoms with E-state index in [1.165, 1.54) is 6.07 Å². The van der Waals surface area contributed by atoms with Gasteiger partial charge in [0.1, 0.15) is 5.25 Å². The maximum Gasteiger partial charge on any atom is 0.160 e. The van der Waals surface area contributed by atoms with Crippen LogP contribution in [0.3, 0.4) is 0 Å². The quantitative estimate of drug-likeness (QED) is 0.798. The fourth-order valence-electron chi connectivity index (χ4n) is 1.06. The molecule has 0 radical (unpaired) electrons. The molecule has 2 atom stereocenters. The molecule has 0 aliphatic heterocycles. The smallest absolute Gasteiger partial charge is 0.160 e. The number of hydrogen-bond donors (Lipinski definition) is 0. The molecule has 0 aliphatic carbocycles. The van der Waals surface area contributed by atoms with E-state index in [-0.39, 0.29) is 4.90 Å². The summed E-state index contributed by atoms with van der Waals surface area (Å²) in [5, 5.41) is 7.99. The SMILES string of the molecule is CCC(C#N)S(=O)c1ccc(F)c(F)c1. The average molecular weight is 229 g/mol. The maximum absolute atomic E-state index is 12.8. The van der Waals surface area contributed by atoms with E-state index in [1.807, 2.05) is 6.07 Å². The van der Waals surface area contributed by atoms with E-state index < -0.39 is 27.7 Å². The molecule has 0 bridgehead atoms. The number of halogens is 2. The molecule has 0 saturated carbocycles. The van der Waals surface area contributed by atoms with Gasteiger partial charge in [-0.1, -0.05) is 6.92 Å². The second-order valence-electron chi connectivity index (χ2n) is 2.90. The first-order chi connectivity index (χ1) is 7.10. The van der Waals surface area contributed by atoms with Crippen LogP contribution in [0.4, 0.5) is 8.78 Å². The zero-order valence-electron chi connectivity index (χ0n) is 8.04. The van der Waals surface area contributed by atoms with Crippen molar-refractivity contribution in [3.63, 3.8) is 0 Å². The third-order valence-electron chi connectivity index (χ3n) is 1.90. The number of nitrogens with zero attached hydrogens (tertiary/aromatic N) is 1. The average Bonchev–Trinajstić information content (AvgIpc) is 2.23. The van der Waals surface area contributed by atoms with Gasteiger partial charge in [-0.25, -0.2) is 8.78 Å². The van der Waals surface area contributed by atoms with E-state index in [2.05, 4.69) is 0 Å².